The van der Waals surface area contributed by atoms with Crippen LogP contribution >= 0.6 is 0 Å². The zero-order chi connectivity index (χ0) is 10.2. The number of allylic oxidation sites excluding steroid dienone is 1. The van der Waals surface area contributed by atoms with E-state index in [4.69, 9.17) is 4.84 Å². The van der Waals surface area contributed by atoms with Crippen LogP contribution in [0.5, 0.6) is 0 Å². The maximum Gasteiger partial charge on any atom is 0.349 e. The number of carbonyl (C=O) groups is 1. The maximum absolute atomic E-state index is 10.9. The van der Waals surface area contributed by atoms with Gasteiger partial charge in [0.2, 0.25) is 0 Å². The van der Waals surface area contributed by atoms with E-state index in [2.05, 4.69) is 5.48 Å². The first-order valence-electron chi connectivity index (χ1n) is 4.43. The summed E-state index contributed by atoms with van der Waals surface area (Å²) in [5.74, 6) is -0.386. The fraction of sp³-hybridized carbons (Fsp3) is 0.182. The van der Waals surface area contributed by atoms with Crippen molar-refractivity contribution in [2.75, 3.05) is 0 Å². The predicted molar refractivity (Wildman–Crippen MR) is 54.2 cm³/mol. The smallest absolute Gasteiger partial charge is 0.349 e. The third-order valence-corrected chi connectivity index (χ3v) is 1.59. The highest BCUT2D eigenvalue weighted by molar-refractivity contribution is 5.81. The van der Waals surface area contributed by atoms with Gasteiger partial charge in [-0.1, -0.05) is 36.4 Å². The molecule has 14 heavy (non-hydrogen) atoms. The zero-order valence-corrected chi connectivity index (χ0v) is 8.07. The summed E-state index contributed by atoms with van der Waals surface area (Å²) in [5.41, 5.74) is 3.66. The van der Waals surface area contributed by atoms with E-state index in [0.717, 1.165) is 5.56 Å². The molecule has 0 aliphatic rings. The molecular weight excluding hydrogens is 178 g/mol. The number of hydrogen-bond acceptors (Lipinski definition) is 3. The van der Waals surface area contributed by atoms with E-state index in [1.807, 2.05) is 30.3 Å². The Hall–Kier alpha value is -1.61. The zero-order valence-electron chi connectivity index (χ0n) is 8.07. The van der Waals surface area contributed by atoms with Gasteiger partial charge in [0.25, 0.3) is 0 Å². The molecule has 1 aromatic rings. The van der Waals surface area contributed by atoms with Gasteiger partial charge in [-0.2, -0.15) is 0 Å². The highest BCUT2D eigenvalue weighted by Crippen LogP contribution is 1.96. The summed E-state index contributed by atoms with van der Waals surface area (Å²) in [5, 5.41) is 0. The highest BCUT2D eigenvalue weighted by atomic mass is 16.7. The minimum Gasteiger partial charge on any atom is -0.367 e. The molecule has 0 saturated heterocycles. The van der Waals surface area contributed by atoms with Gasteiger partial charge >= 0.3 is 5.97 Å². The topological polar surface area (TPSA) is 38.3 Å². The molecule has 0 heterocycles. The molecule has 0 aliphatic carbocycles. The van der Waals surface area contributed by atoms with Gasteiger partial charge in [0.1, 0.15) is 0 Å². The summed E-state index contributed by atoms with van der Waals surface area (Å²) in [6, 6.07) is 9.72. The second-order valence-electron chi connectivity index (χ2n) is 2.73. The number of rotatable bonds is 4. The van der Waals surface area contributed by atoms with Crippen molar-refractivity contribution in [3.05, 3.63) is 48.0 Å². The Morgan fingerprint density at radius 2 is 2.14 bits per heavy atom. The molecule has 0 radical (unpaired) electrons. The van der Waals surface area contributed by atoms with Crippen LogP contribution in [0.25, 0.3) is 0 Å². The van der Waals surface area contributed by atoms with Crippen LogP contribution in [0.15, 0.2) is 42.5 Å². The number of hydroxylamine groups is 1. The largest absolute Gasteiger partial charge is 0.367 e. The summed E-state index contributed by atoms with van der Waals surface area (Å²) in [6.45, 7) is 2.28. The predicted octanol–water partition coefficient (Wildman–Crippen LogP) is 1.81. The van der Waals surface area contributed by atoms with Crippen LogP contribution in [0.4, 0.5) is 0 Å². The number of hydrogen-bond donors (Lipinski definition) is 1. The van der Waals surface area contributed by atoms with E-state index in [0.29, 0.717) is 6.54 Å². The van der Waals surface area contributed by atoms with Crippen LogP contribution < -0.4 is 5.48 Å². The van der Waals surface area contributed by atoms with Gasteiger partial charge in [0.05, 0.1) is 6.54 Å². The van der Waals surface area contributed by atoms with Crippen LogP contribution in [0, 0.1) is 0 Å². The quantitative estimate of drug-likeness (QED) is 0.582. The van der Waals surface area contributed by atoms with Crippen molar-refractivity contribution >= 4 is 5.97 Å². The average molecular weight is 191 g/mol. The van der Waals surface area contributed by atoms with E-state index in [1.165, 1.54) is 6.08 Å². The lowest BCUT2D eigenvalue weighted by Gasteiger charge is -2.02. The molecule has 0 amide bonds. The van der Waals surface area contributed by atoms with Gasteiger partial charge in [0, 0.05) is 6.08 Å². The highest BCUT2D eigenvalue weighted by Gasteiger charge is 1.95. The lowest BCUT2D eigenvalue weighted by molar-refractivity contribution is -0.145. The molecule has 1 N–H and O–H groups in total. The fourth-order valence-corrected chi connectivity index (χ4v) is 0.957. The van der Waals surface area contributed by atoms with Gasteiger partial charge in [-0.25, -0.2) is 4.79 Å². The summed E-state index contributed by atoms with van der Waals surface area (Å²) in [4.78, 5) is 15.6. The van der Waals surface area contributed by atoms with E-state index >= 15 is 0 Å². The second-order valence-corrected chi connectivity index (χ2v) is 2.73. The molecule has 0 atom stereocenters. The average Bonchev–Trinajstić information content (AvgIpc) is 2.20. The van der Waals surface area contributed by atoms with Gasteiger partial charge < -0.3 is 4.84 Å². The van der Waals surface area contributed by atoms with Crippen LogP contribution in [0.1, 0.15) is 12.5 Å². The third kappa shape index (κ3) is 3.87. The maximum atomic E-state index is 10.9. The number of carbonyl (C=O) groups excluding carboxylic acids is 1. The molecule has 0 bridgehead atoms. The molecule has 0 unspecified atom stereocenters. The lowest BCUT2D eigenvalue weighted by Crippen LogP contribution is -2.17. The molecule has 0 aliphatic heterocycles. The molecule has 74 valence electrons. The molecule has 1 rings (SSSR count). The number of benzene rings is 1. The van der Waals surface area contributed by atoms with Gasteiger partial charge in [-0.15, -0.1) is 5.48 Å². The van der Waals surface area contributed by atoms with Crippen molar-refractivity contribution < 1.29 is 9.63 Å². The van der Waals surface area contributed by atoms with E-state index in [-0.39, 0.29) is 5.97 Å². The molecule has 3 heteroatoms. The van der Waals surface area contributed by atoms with E-state index < -0.39 is 0 Å². The molecule has 0 saturated carbocycles. The molecule has 0 spiro atoms. The Balaban J connectivity index is 2.25. The summed E-state index contributed by atoms with van der Waals surface area (Å²) in [7, 11) is 0. The molecule has 3 nitrogen and oxygen atoms in total. The molecule has 0 fully saturated rings. The van der Waals surface area contributed by atoms with Crippen LogP contribution in [-0.2, 0) is 16.2 Å². The monoisotopic (exact) mass is 191 g/mol. The Morgan fingerprint density at radius 1 is 1.43 bits per heavy atom. The summed E-state index contributed by atoms with van der Waals surface area (Å²) in [6.07, 6.45) is 2.99. The SMILES string of the molecule is CC=CC(=O)ONCc1ccccc1. The van der Waals surface area contributed by atoms with E-state index in [1.54, 1.807) is 13.0 Å². The van der Waals surface area contributed by atoms with Crippen molar-refractivity contribution in [3.63, 3.8) is 0 Å². The van der Waals surface area contributed by atoms with Crippen molar-refractivity contribution in [3.8, 4) is 0 Å². The van der Waals surface area contributed by atoms with Gasteiger partial charge in [-0.3, -0.25) is 0 Å². The number of nitrogens with one attached hydrogen (secondary N) is 1. The minimum atomic E-state index is -0.386. The standard InChI is InChI=1S/C11H13NO2/c1-2-6-11(13)14-12-9-10-7-4-3-5-8-10/h2-8,12H,9H2,1H3. The third-order valence-electron chi connectivity index (χ3n) is 1.59. The molecular formula is C11H13NO2. The lowest BCUT2D eigenvalue weighted by atomic mass is 10.2. The van der Waals surface area contributed by atoms with Crippen molar-refractivity contribution in [1.29, 1.82) is 0 Å². The van der Waals surface area contributed by atoms with Crippen LogP contribution in [0.2, 0.25) is 0 Å². The first-order chi connectivity index (χ1) is 6.83. The van der Waals surface area contributed by atoms with Crippen LogP contribution in [0.3, 0.4) is 0 Å². The van der Waals surface area contributed by atoms with Crippen molar-refractivity contribution in [2.24, 2.45) is 0 Å². The van der Waals surface area contributed by atoms with Gasteiger partial charge in [0.15, 0.2) is 0 Å². The minimum absolute atomic E-state index is 0.386. The van der Waals surface area contributed by atoms with Crippen molar-refractivity contribution in [1.82, 2.24) is 5.48 Å². The Morgan fingerprint density at radius 3 is 2.79 bits per heavy atom. The first-order valence-corrected chi connectivity index (χ1v) is 4.43. The van der Waals surface area contributed by atoms with Crippen LogP contribution in [-0.4, -0.2) is 5.97 Å². The Kier molecular flexibility index (Phi) is 4.44. The molecule has 1 aromatic carbocycles. The first kappa shape index (κ1) is 10.5. The summed E-state index contributed by atoms with van der Waals surface area (Å²) < 4.78 is 0. The Labute approximate surface area is 83.3 Å². The fourth-order valence-electron chi connectivity index (χ4n) is 0.957. The second kappa shape index (κ2) is 5.94. The molecule has 0 aromatic heterocycles. The van der Waals surface area contributed by atoms with Crippen molar-refractivity contribution in [2.45, 2.75) is 13.5 Å². The summed E-state index contributed by atoms with van der Waals surface area (Å²) >= 11 is 0. The van der Waals surface area contributed by atoms with Gasteiger partial charge in [-0.05, 0) is 12.5 Å². The van der Waals surface area contributed by atoms with E-state index in [9.17, 15) is 4.79 Å². The Bertz CT molecular complexity index is 306. The normalized spacial score (nSPS) is 10.4.